The van der Waals surface area contributed by atoms with Crippen molar-refractivity contribution >= 4 is 5.97 Å². The number of esters is 1. The Morgan fingerprint density at radius 2 is 1.62 bits per heavy atom. The third-order valence-electron chi connectivity index (χ3n) is 9.12. The monoisotopic (exact) mass is 561 g/mol. The second kappa shape index (κ2) is 13.4. The number of hydrogen-bond acceptors (Lipinski definition) is 10. The molecule has 10 heteroatoms. The molecule has 0 amide bonds. The molecule has 0 aliphatic carbocycles. The Labute approximate surface area is 234 Å². The molecular formula is C29H55NO9. The molecule has 10 nitrogen and oxygen atoms in total. The predicted octanol–water partition coefficient (Wildman–Crippen LogP) is 1.68. The first kappa shape index (κ1) is 34.4. The second-order valence-electron chi connectivity index (χ2n) is 13.1. The van der Waals surface area contributed by atoms with Crippen molar-refractivity contribution in [1.29, 1.82) is 0 Å². The highest BCUT2D eigenvalue weighted by Crippen LogP contribution is 2.36. The molecule has 2 aliphatic heterocycles. The quantitative estimate of drug-likeness (QED) is 0.322. The van der Waals surface area contributed by atoms with E-state index in [0.29, 0.717) is 13.0 Å². The third-order valence-corrected chi connectivity index (χ3v) is 9.12. The number of ether oxygens (including phenoxy) is 3. The molecule has 2 heterocycles. The lowest BCUT2D eigenvalue weighted by Gasteiger charge is -2.45. The van der Waals surface area contributed by atoms with Crippen LogP contribution in [-0.4, -0.2) is 110 Å². The zero-order valence-corrected chi connectivity index (χ0v) is 25.6. The van der Waals surface area contributed by atoms with Gasteiger partial charge in [0, 0.05) is 18.5 Å². The maximum absolute atomic E-state index is 13.2. The predicted molar refractivity (Wildman–Crippen MR) is 147 cm³/mol. The number of hydrogen-bond donors (Lipinski definition) is 5. The SMILES string of the molecule is CC[C@H]1OC(=O)[C@H](C)[C@@H](O)[C@H](C)[C@@H](O[C@@H]2O[C@H](C)CC(C)C2O)[C@](C)(O)C[C@@H](C)CN(C)[C@H](C)[C@@H](O)[C@]1(C)O. The molecule has 14 atom stereocenters. The van der Waals surface area contributed by atoms with Crippen molar-refractivity contribution in [3.63, 3.8) is 0 Å². The summed E-state index contributed by atoms with van der Waals surface area (Å²) in [7, 11) is 1.83. The van der Waals surface area contributed by atoms with Crippen LogP contribution in [0.2, 0.25) is 0 Å². The van der Waals surface area contributed by atoms with Gasteiger partial charge in [0.2, 0.25) is 0 Å². The third kappa shape index (κ3) is 7.92. The van der Waals surface area contributed by atoms with Crippen LogP contribution >= 0.6 is 0 Å². The molecule has 0 bridgehead atoms. The number of carbonyl (C=O) groups is 1. The first-order valence-corrected chi connectivity index (χ1v) is 14.6. The molecule has 0 aromatic rings. The van der Waals surface area contributed by atoms with E-state index in [-0.39, 0.29) is 30.8 Å². The Morgan fingerprint density at radius 1 is 1.03 bits per heavy atom. The summed E-state index contributed by atoms with van der Waals surface area (Å²) in [5.41, 5.74) is -3.21. The lowest BCUT2D eigenvalue weighted by molar-refractivity contribution is -0.298. The van der Waals surface area contributed by atoms with Crippen molar-refractivity contribution in [1.82, 2.24) is 4.90 Å². The molecule has 5 N–H and O–H groups in total. The van der Waals surface area contributed by atoms with Crippen LogP contribution in [0.3, 0.4) is 0 Å². The summed E-state index contributed by atoms with van der Waals surface area (Å²) in [5.74, 6) is -2.68. The summed E-state index contributed by atoms with van der Waals surface area (Å²) in [5, 5.41) is 56.5. The summed E-state index contributed by atoms with van der Waals surface area (Å²) < 4.78 is 17.9. The summed E-state index contributed by atoms with van der Waals surface area (Å²) in [6, 6.07) is -0.493. The van der Waals surface area contributed by atoms with Crippen LogP contribution in [0.1, 0.15) is 81.6 Å². The number of likely N-dealkylation sites (N-methyl/N-ethyl adjacent to an activating group) is 1. The molecule has 39 heavy (non-hydrogen) atoms. The van der Waals surface area contributed by atoms with E-state index in [1.54, 1.807) is 27.7 Å². The summed E-state index contributed by atoms with van der Waals surface area (Å²) in [6.45, 7) is 16.1. The summed E-state index contributed by atoms with van der Waals surface area (Å²) >= 11 is 0. The Kier molecular flexibility index (Phi) is 11.8. The topological polar surface area (TPSA) is 149 Å². The van der Waals surface area contributed by atoms with E-state index in [4.69, 9.17) is 14.2 Å². The lowest BCUT2D eigenvalue weighted by atomic mass is 9.78. The number of aliphatic hydroxyl groups is 5. The minimum absolute atomic E-state index is 0.0839. The van der Waals surface area contributed by atoms with Crippen LogP contribution in [0.25, 0.3) is 0 Å². The zero-order valence-electron chi connectivity index (χ0n) is 25.6. The van der Waals surface area contributed by atoms with Gasteiger partial charge in [-0.15, -0.1) is 0 Å². The molecule has 0 aromatic heterocycles. The molecule has 0 spiro atoms. The van der Waals surface area contributed by atoms with Crippen LogP contribution in [0.4, 0.5) is 0 Å². The van der Waals surface area contributed by atoms with E-state index in [9.17, 15) is 30.3 Å². The molecule has 2 aliphatic rings. The van der Waals surface area contributed by atoms with Gasteiger partial charge in [0.1, 0.15) is 23.9 Å². The van der Waals surface area contributed by atoms with Gasteiger partial charge < -0.3 is 44.6 Å². The molecule has 2 rings (SSSR count). The fourth-order valence-electron chi connectivity index (χ4n) is 6.49. The molecule has 0 saturated carbocycles. The smallest absolute Gasteiger partial charge is 0.311 e. The van der Waals surface area contributed by atoms with Crippen molar-refractivity contribution in [2.24, 2.45) is 23.7 Å². The number of nitrogens with zero attached hydrogens (tertiary/aromatic N) is 1. The van der Waals surface area contributed by atoms with Crippen molar-refractivity contribution in [2.45, 2.75) is 142 Å². The first-order valence-electron chi connectivity index (χ1n) is 14.6. The van der Waals surface area contributed by atoms with Crippen LogP contribution in [0.15, 0.2) is 0 Å². The van der Waals surface area contributed by atoms with Crippen LogP contribution < -0.4 is 0 Å². The van der Waals surface area contributed by atoms with E-state index >= 15 is 0 Å². The van der Waals surface area contributed by atoms with E-state index in [1.165, 1.54) is 13.8 Å². The fourth-order valence-corrected chi connectivity index (χ4v) is 6.49. The van der Waals surface area contributed by atoms with Gasteiger partial charge >= 0.3 is 5.97 Å². The van der Waals surface area contributed by atoms with Crippen LogP contribution in [0.5, 0.6) is 0 Å². The molecule has 0 radical (unpaired) electrons. The van der Waals surface area contributed by atoms with Gasteiger partial charge in [-0.3, -0.25) is 4.79 Å². The van der Waals surface area contributed by atoms with Gasteiger partial charge in [-0.1, -0.05) is 27.7 Å². The zero-order chi connectivity index (χ0) is 30.0. The van der Waals surface area contributed by atoms with Gasteiger partial charge in [-0.25, -0.2) is 0 Å². The number of carbonyl (C=O) groups excluding carboxylic acids is 1. The molecule has 2 fully saturated rings. The van der Waals surface area contributed by atoms with Gasteiger partial charge in [0.25, 0.3) is 0 Å². The van der Waals surface area contributed by atoms with Crippen molar-refractivity contribution < 1.29 is 44.5 Å². The summed E-state index contributed by atoms with van der Waals surface area (Å²) in [4.78, 5) is 15.1. The standard InChI is InChI=1S/C29H55NO9/c1-11-21-29(9,36)24(33)20(7)30(10)14-15(2)13-28(8,35)25(18(5)23(32)19(6)26(34)38-21)39-27-22(31)16(3)12-17(4)37-27/h15-25,27,31-33,35-36H,11-14H2,1-10H3/t15-,16?,17-,18+,19-,20-,21-,22?,23+,24-,25-,27+,28-,29-/m1/s1. The highest BCUT2D eigenvalue weighted by Gasteiger charge is 2.49. The Morgan fingerprint density at radius 3 is 2.18 bits per heavy atom. The average Bonchev–Trinajstić information content (AvgIpc) is 2.84. The second-order valence-corrected chi connectivity index (χ2v) is 13.1. The minimum atomic E-state index is -1.74. The maximum atomic E-state index is 13.2. The first-order chi connectivity index (χ1) is 17.8. The fraction of sp³-hybridized carbons (Fsp3) is 0.966. The Hall–Kier alpha value is -0.850. The highest BCUT2D eigenvalue weighted by molar-refractivity contribution is 5.73. The minimum Gasteiger partial charge on any atom is -0.459 e. The lowest BCUT2D eigenvalue weighted by Crippen LogP contribution is -2.59. The largest absolute Gasteiger partial charge is 0.459 e. The van der Waals surface area contributed by atoms with E-state index in [2.05, 4.69) is 0 Å². The number of cyclic esters (lactones) is 1. The van der Waals surface area contributed by atoms with Crippen molar-refractivity contribution in [3.05, 3.63) is 0 Å². The molecule has 2 unspecified atom stereocenters. The Balaban J connectivity index is 2.50. The maximum Gasteiger partial charge on any atom is 0.311 e. The number of aliphatic hydroxyl groups excluding tert-OH is 3. The van der Waals surface area contributed by atoms with E-state index in [1.807, 2.05) is 32.7 Å². The van der Waals surface area contributed by atoms with Gasteiger partial charge in [0.05, 0.1) is 29.8 Å². The molecule has 2 saturated heterocycles. The van der Waals surface area contributed by atoms with E-state index < -0.39 is 71.9 Å². The summed E-state index contributed by atoms with van der Waals surface area (Å²) in [6.07, 6.45) is -5.41. The van der Waals surface area contributed by atoms with Crippen molar-refractivity contribution in [2.75, 3.05) is 13.6 Å². The average molecular weight is 562 g/mol. The normalized spacial score (nSPS) is 50.1. The van der Waals surface area contributed by atoms with Crippen LogP contribution in [-0.2, 0) is 19.0 Å². The van der Waals surface area contributed by atoms with Gasteiger partial charge in [0.15, 0.2) is 6.29 Å². The number of rotatable bonds is 3. The van der Waals surface area contributed by atoms with Crippen LogP contribution in [0, 0.1) is 23.7 Å². The van der Waals surface area contributed by atoms with Gasteiger partial charge in [-0.2, -0.15) is 0 Å². The highest BCUT2D eigenvalue weighted by atomic mass is 16.7. The molecular weight excluding hydrogens is 506 g/mol. The molecule has 230 valence electrons. The van der Waals surface area contributed by atoms with Gasteiger partial charge in [-0.05, 0) is 72.8 Å². The van der Waals surface area contributed by atoms with E-state index in [0.717, 1.165) is 0 Å². The Bertz CT molecular complexity index is 793. The molecule has 0 aromatic carbocycles. The van der Waals surface area contributed by atoms with Crippen molar-refractivity contribution in [3.8, 4) is 0 Å².